The van der Waals surface area contributed by atoms with Gasteiger partial charge in [0.2, 0.25) is 0 Å². The van der Waals surface area contributed by atoms with Gasteiger partial charge in [-0.25, -0.2) is 0 Å². The highest BCUT2D eigenvalue weighted by atomic mass is 16.2. The van der Waals surface area contributed by atoms with Gasteiger partial charge < -0.3 is 10.3 Å². The summed E-state index contributed by atoms with van der Waals surface area (Å²) in [6.45, 7) is 1.84. The van der Waals surface area contributed by atoms with Crippen LogP contribution in [0.2, 0.25) is 0 Å². The molecule has 0 bridgehead atoms. The van der Waals surface area contributed by atoms with Gasteiger partial charge >= 0.3 is 0 Å². The first-order valence-electron chi connectivity index (χ1n) is 5.57. The predicted molar refractivity (Wildman–Crippen MR) is 67.2 cm³/mol. The zero-order chi connectivity index (χ0) is 13.0. The molecule has 0 aliphatic heterocycles. The van der Waals surface area contributed by atoms with Crippen LogP contribution in [0.15, 0.2) is 47.7 Å². The van der Waals surface area contributed by atoms with E-state index in [2.05, 4.69) is 15.3 Å². The number of carbonyl (C=O) groups excluding carboxylic acids is 1. The molecule has 2 rings (SSSR count). The van der Waals surface area contributed by atoms with E-state index in [1.807, 2.05) is 13.0 Å². The number of H-pyrrole nitrogens is 1. The molecule has 0 spiro atoms. The number of hydrogen-bond donors (Lipinski definition) is 2. The van der Waals surface area contributed by atoms with Crippen molar-refractivity contribution >= 4 is 5.91 Å². The van der Waals surface area contributed by atoms with E-state index in [0.29, 0.717) is 0 Å². The highest BCUT2D eigenvalue weighted by Crippen LogP contribution is 2.10. The Kier molecular flexibility index (Phi) is 3.52. The van der Waals surface area contributed by atoms with Gasteiger partial charge in [-0.3, -0.25) is 14.6 Å². The minimum Gasteiger partial charge on any atom is -0.345 e. The summed E-state index contributed by atoms with van der Waals surface area (Å²) in [6.07, 6.45) is 4.84. The third-order valence-corrected chi connectivity index (χ3v) is 2.59. The Morgan fingerprint density at radius 3 is 2.89 bits per heavy atom. The summed E-state index contributed by atoms with van der Waals surface area (Å²) in [4.78, 5) is 29.8. The molecule has 0 saturated heterocycles. The molecule has 92 valence electrons. The molecule has 18 heavy (non-hydrogen) atoms. The lowest BCUT2D eigenvalue weighted by atomic mass is 10.1. The van der Waals surface area contributed by atoms with Gasteiger partial charge in [0, 0.05) is 18.6 Å². The highest BCUT2D eigenvalue weighted by molar-refractivity contribution is 5.93. The van der Waals surface area contributed by atoms with Crippen LogP contribution < -0.4 is 10.9 Å². The molecule has 2 aromatic rings. The van der Waals surface area contributed by atoms with Crippen molar-refractivity contribution in [3.05, 3.63) is 64.3 Å². The van der Waals surface area contributed by atoms with Gasteiger partial charge in [-0.15, -0.1) is 0 Å². The number of nitrogens with zero attached hydrogens (tertiary/aromatic N) is 1. The molecule has 0 saturated carbocycles. The van der Waals surface area contributed by atoms with Crippen LogP contribution in [-0.4, -0.2) is 15.9 Å². The first kappa shape index (κ1) is 12.0. The molecule has 1 amide bonds. The number of hydrogen-bond acceptors (Lipinski definition) is 3. The molecule has 2 aromatic heterocycles. The monoisotopic (exact) mass is 243 g/mol. The number of pyridine rings is 2. The summed E-state index contributed by atoms with van der Waals surface area (Å²) in [6, 6.07) is 6.57. The molecule has 0 aliphatic rings. The third-order valence-electron chi connectivity index (χ3n) is 2.59. The Morgan fingerprint density at radius 1 is 1.39 bits per heavy atom. The summed E-state index contributed by atoms with van der Waals surface area (Å²) < 4.78 is 0. The molecule has 2 N–H and O–H groups in total. The largest absolute Gasteiger partial charge is 0.345 e. The number of aromatic nitrogens is 2. The zero-order valence-corrected chi connectivity index (χ0v) is 9.88. The lowest BCUT2D eigenvalue weighted by molar-refractivity contribution is 0.0938. The maximum absolute atomic E-state index is 11.9. The van der Waals surface area contributed by atoms with Gasteiger partial charge in [-0.2, -0.15) is 0 Å². The number of carbonyl (C=O) groups is 1. The quantitative estimate of drug-likeness (QED) is 0.852. The number of aromatic amines is 1. The van der Waals surface area contributed by atoms with E-state index in [9.17, 15) is 9.59 Å². The SMILES string of the molecule is CC(NC(=O)c1ccc[nH]c1=O)c1cccnc1. The van der Waals surface area contributed by atoms with Gasteiger partial charge in [0.15, 0.2) is 0 Å². The lowest BCUT2D eigenvalue weighted by Crippen LogP contribution is -2.31. The maximum Gasteiger partial charge on any atom is 0.260 e. The van der Waals surface area contributed by atoms with Crippen molar-refractivity contribution in [1.82, 2.24) is 15.3 Å². The van der Waals surface area contributed by atoms with Gasteiger partial charge in [0.05, 0.1) is 6.04 Å². The average Bonchev–Trinajstić information content (AvgIpc) is 2.40. The second kappa shape index (κ2) is 5.27. The van der Waals surface area contributed by atoms with Crippen molar-refractivity contribution < 1.29 is 4.79 Å². The number of rotatable bonds is 3. The Labute approximate surface area is 104 Å². The molecule has 0 aromatic carbocycles. The number of amides is 1. The lowest BCUT2D eigenvalue weighted by Gasteiger charge is -2.13. The summed E-state index contributed by atoms with van der Waals surface area (Å²) in [5.41, 5.74) is 0.597. The normalized spacial score (nSPS) is 11.8. The fourth-order valence-corrected chi connectivity index (χ4v) is 1.59. The fourth-order valence-electron chi connectivity index (χ4n) is 1.59. The van der Waals surface area contributed by atoms with Gasteiger partial charge in [-0.1, -0.05) is 6.07 Å². The standard InChI is InChI=1S/C13H13N3O2/c1-9(10-4-2-6-14-8-10)16-13(18)11-5-3-7-15-12(11)17/h2-9H,1H3,(H,15,17)(H,16,18). The van der Waals surface area contributed by atoms with E-state index in [1.54, 1.807) is 24.5 Å². The van der Waals surface area contributed by atoms with Gasteiger partial charge in [-0.05, 0) is 30.7 Å². The Morgan fingerprint density at radius 2 is 2.22 bits per heavy atom. The van der Waals surface area contributed by atoms with Crippen molar-refractivity contribution in [3.8, 4) is 0 Å². The second-order valence-corrected chi connectivity index (χ2v) is 3.89. The number of nitrogens with one attached hydrogen (secondary N) is 2. The second-order valence-electron chi connectivity index (χ2n) is 3.89. The molecule has 5 heteroatoms. The van der Waals surface area contributed by atoms with E-state index >= 15 is 0 Å². The Balaban J connectivity index is 2.14. The zero-order valence-electron chi connectivity index (χ0n) is 9.88. The van der Waals surface area contributed by atoms with Crippen LogP contribution in [0.4, 0.5) is 0 Å². The molecule has 1 unspecified atom stereocenters. The third kappa shape index (κ3) is 2.63. The first-order chi connectivity index (χ1) is 8.68. The smallest absolute Gasteiger partial charge is 0.260 e. The molecular formula is C13H13N3O2. The van der Waals surface area contributed by atoms with E-state index in [1.165, 1.54) is 12.3 Å². The van der Waals surface area contributed by atoms with Crippen LogP contribution in [0.1, 0.15) is 28.9 Å². The molecule has 0 radical (unpaired) electrons. The van der Waals surface area contributed by atoms with Crippen molar-refractivity contribution in [1.29, 1.82) is 0 Å². The van der Waals surface area contributed by atoms with Crippen molar-refractivity contribution in [2.75, 3.05) is 0 Å². The highest BCUT2D eigenvalue weighted by Gasteiger charge is 2.13. The Hall–Kier alpha value is -2.43. The average molecular weight is 243 g/mol. The topological polar surface area (TPSA) is 74.8 Å². The van der Waals surface area contributed by atoms with Crippen LogP contribution in [0.3, 0.4) is 0 Å². The predicted octanol–water partition coefficient (Wildman–Crippen LogP) is 1.26. The summed E-state index contributed by atoms with van der Waals surface area (Å²) in [5, 5.41) is 2.75. The maximum atomic E-state index is 11.9. The van der Waals surface area contributed by atoms with Crippen molar-refractivity contribution in [3.63, 3.8) is 0 Å². The van der Waals surface area contributed by atoms with E-state index < -0.39 is 11.5 Å². The summed E-state index contributed by atoms with van der Waals surface area (Å²) in [7, 11) is 0. The van der Waals surface area contributed by atoms with Crippen molar-refractivity contribution in [2.24, 2.45) is 0 Å². The fraction of sp³-hybridized carbons (Fsp3) is 0.154. The molecule has 0 aliphatic carbocycles. The van der Waals surface area contributed by atoms with Crippen LogP contribution in [0.25, 0.3) is 0 Å². The van der Waals surface area contributed by atoms with Crippen LogP contribution in [-0.2, 0) is 0 Å². The van der Waals surface area contributed by atoms with E-state index in [4.69, 9.17) is 0 Å². The van der Waals surface area contributed by atoms with Crippen molar-refractivity contribution in [2.45, 2.75) is 13.0 Å². The van der Waals surface area contributed by atoms with Crippen LogP contribution >= 0.6 is 0 Å². The Bertz CT molecular complexity index is 592. The van der Waals surface area contributed by atoms with Gasteiger partial charge in [0.1, 0.15) is 5.56 Å². The van der Waals surface area contributed by atoms with Crippen LogP contribution in [0.5, 0.6) is 0 Å². The molecule has 2 heterocycles. The minimum absolute atomic E-state index is 0.105. The van der Waals surface area contributed by atoms with Gasteiger partial charge in [0.25, 0.3) is 11.5 Å². The summed E-state index contributed by atoms with van der Waals surface area (Å²) >= 11 is 0. The molecule has 0 fully saturated rings. The van der Waals surface area contributed by atoms with E-state index in [0.717, 1.165) is 5.56 Å². The molecule has 1 atom stereocenters. The first-order valence-corrected chi connectivity index (χ1v) is 5.57. The van der Waals surface area contributed by atoms with Crippen LogP contribution in [0, 0.1) is 0 Å². The molecular weight excluding hydrogens is 230 g/mol. The van der Waals surface area contributed by atoms with E-state index in [-0.39, 0.29) is 11.6 Å². The summed E-state index contributed by atoms with van der Waals surface area (Å²) in [5.74, 6) is -0.395. The molecule has 5 nitrogen and oxygen atoms in total. The minimum atomic E-state index is -0.395.